The number of carbonyl (C=O) groups is 1. The van der Waals surface area contributed by atoms with Crippen LogP contribution in [-0.4, -0.2) is 49.2 Å². The first kappa shape index (κ1) is 15.6. The SMILES string of the molecule is C[C@H](N)C(=O)N1[C@@H]2CC[C@H]1CC(O)(Cn1ccc3ccncc31)C2. The second kappa shape index (κ2) is 5.57. The van der Waals surface area contributed by atoms with Gasteiger partial charge >= 0.3 is 0 Å². The summed E-state index contributed by atoms with van der Waals surface area (Å²) in [5, 5.41) is 12.3. The van der Waals surface area contributed by atoms with E-state index in [1.807, 2.05) is 29.4 Å². The van der Waals surface area contributed by atoms with Gasteiger partial charge in [0.25, 0.3) is 0 Å². The summed E-state index contributed by atoms with van der Waals surface area (Å²) in [6, 6.07) is 3.76. The van der Waals surface area contributed by atoms with Crippen LogP contribution >= 0.6 is 0 Å². The van der Waals surface area contributed by atoms with Crippen LogP contribution in [0.2, 0.25) is 0 Å². The molecule has 24 heavy (non-hydrogen) atoms. The minimum absolute atomic E-state index is 0.0140. The standard InChI is InChI=1S/C18H24N4O2/c1-12(19)17(23)22-14-2-3-15(22)9-18(24,8-14)11-21-7-5-13-4-6-20-10-16(13)21/h4-7,10,12,14-15,24H,2-3,8-9,11,19H2,1H3/t12-,14-,15+,18?/m0/s1. The van der Waals surface area contributed by atoms with Crippen molar-refractivity contribution in [3.63, 3.8) is 0 Å². The molecular weight excluding hydrogens is 304 g/mol. The minimum atomic E-state index is -0.789. The number of fused-ring (bicyclic) bond motifs is 3. The van der Waals surface area contributed by atoms with E-state index in [9.17, 15) is 9.90 Å². The maximum atomic E-state index is 12.4. The molecule has 0 aromatic carbocycles. The molecule has 0 spiro atoms. The van der Waals surface area contributed by atoms with Gasteiger partial charge in [0.2, 0.25) is 5.91 Å². The van der Waals surface area contributed by atoms with Crippen molar-refractivity contribution in [2.45, 2.75) is 62.9 Å². The number of nitrogens with zero attached hydrogens (tertiary/aromatic N) is 3. The van der Waals surface area contributed by atoms with Crippen LogP contribution in [0, 0.1) is 0 Å². The van der Waals surface area contributed by atoms with E-state index >= 15 is 0 Å². The van der Waals surface area contributed by atoms with Crippen LogP contribution in [0.25, 0.3) is 10.9 Å². The minimum Gasteiger partial charge on any atom is -0.388 e. The molecule has 1 unspecified atom stereocenters. The molecule has 1 amide bonds. The second-order valence-corrected chi connectivity index (χ2v) is 7.43. The van der Waals surface area contributed by atoms with Crippen molar-refractivity contribution in [3.05, 3.63) is 30.7 Å². The first-order chi connectivity index (χ1) is 11.5. The van der Waals surface area contributed by atoms with Gasteiger partial charge in [0.05, 0.1) is 29.9 Å². The van der Waals surface area contributed by atoms with Crippen molar-refractivity contribution in [2.24, 2.45) is 5.73 Å². The number of rotatable bonds is 3. The summed E-state index contributed by atoms with van der Waals surface area (Å²) < 4.78 is 2.07. The molecule has 2 aromatic rings. The number of nitrogens with two attached hydrogens (primary N) is 1. The Kier molecular flexibility index (Phi) is 3.62. The van der Waals surface area contributed by atoms with Crippen molar-refractivity contribution in [2.75, 3.05) is 0 Å². The van der Waals surface area contributed by atoms with Gasteiger partial charge in [-0.25, -0.2) is 0 Å². The van der Waals surface area contributed by atoms with Gasteiger partial charge in [-0.2, -0.15) is 0 Å². The predicted molar refractivity (Wildman–Crippen MR) is 91.2 cm³/mol. The van der Waals surface area contributed by atoms with Crippen LogP contribution in [0.15, 0.2) is 30.7 Å². The number of aromatic nitrogens is 2. The molecular formula is C18H24N4O2. The van der Waals surface area contributed by atoms with Crippen molar-refractivity contribution in [3.8, 4) is 0 Å². The van der Waals surface area contributed by atoms with E-state index in [0.29, 0.717) is 19.4 Å². The molecule has 2 saturated heterocycles. The number of piperidine rings is 1. The lowest BCUT2D eigenvalue weighted by molar-refractivity contribution is -0.143. The molecule has 2 aliphatic heterocycles. The maximum Gasteiger partial charge on any atom is 0.239 e. The lowest BCUT2D eigenvalue weighted by Gasteiger charge is -2.44. The maximum absolute atomic E-state index is 12.4. The number of carbonyl (C=O) groups excluding carboxylic acids is 1. The number of hydrogen-bond donors (Lipinski definition) is 2. The highest BCUT2D eigenvalue weighted by atomic mass is 16.3. The fourth-order valence-electron chi connectivity index (χ4n) is 4.53. The van der Waals surface area contributed by atoms with Crippen LogP contribution in [0.3, 0.4) is 0 Å². The second-order valence-electron chi connectivity index (χ2n) is 7.43. The molecule has 2 fully saturated rings. The van der Waals surface area contributed by atoms with Gasteiger partial charge in [-0.3, -0.25) is 9.78 Å². The first-order valence-corrected chi connectivity index (χ1v) is 8.66. The van der Waals surface area contributed by atoms with Crippen molar-refractivity contribution < 1.29 is 9.90 Å². The summed E-state index contributed by atoms with van der Waals surface area (Å²) in [7, 11) is 0. The highest BCUT2D eigenvalue weighted by Gasteiger charge is 2.49. The average molecular weight is 328 g/mol. The Morgan fingerprint density at radius 3 is 2.79 bits per heavy atom. The fraction of sp³-hybridized carbons (Fsp3) is 0.556. The predicted octanol–water partition coefficient (Wildman–Crippen LogP) is 1.27. The zero-order valence-electron chi connectivity index (χ0n) is 13.9. The number of amides is 1. The summed E-state index contributed by atoms with van der Waals surface area (Å²) in [6.45, 7) is 2.27. The quantitative estimate of drug-likeness (QED) is 0.888. The Morgan fingerprint density at radius 1 is 1.42 bits per heavy atom. The topological polar surface area (TPSA) is 84.4 Å². The molecule has 6 heteroatoms. The van der Waals surface area contributed by atoms with Crippen LogP contribution in [0.5, 0.6) is 0 Å². The molecule has 3 N–H and O–H groups in total. The van der Waals surface area contributed by atoms with E-state index in [-0.39, 0.29) is 18.0 Å². The summed E-state index contributed by atoms with van der Waals surface area (Å²) in [6.07, 6.45) is 8.76. The molecule has 4 atom stereocenters. The monoisotopic (exact) mass is 328 g/mol. The number of pyridine rings is 1. The number of hydrogen-bond acceptors (Lipinski definition) is 4. The van der Waals surface area contributed by atoms with E-state index in [4.69, 9.17) is 5.73 Å². The highest BCUT2D eigenvalue weighted by Crippen LogP contribution is 2.42. The third-order valence-electron chi connectivity index (χ3n) is 5.54. The summed E-state index contributed by atoms with van der Waals surface area (Å²) in [5.41, 5.74) is 6.04. The fourth-order valence-corrected chi connectivity index (χ4v) is 4.53. The van der Waals surface area contributed by atoms with Gasteiger partial charge in [-0.15, -0.1) is 0 Å². The van der Waals surface area contributed by atoms with Crippen molar-refractivity contribution in [1.29, 1.82) is 0 Å². The van der Waals surface area contributed by atoms with Crippen molar-refractivity contribution in [1.82, 2.24) is 14.5 Å². The van der Waals surface area contributed by atoms with Gasteiger partial charge in [-0.1, -0.05) is 0 Å². The van der Waals surface area contributed by atoms with Crippen LogP contribution in [-0.2, 0) is 11.3 Å². The Morgan fingerprint density at radius 2 is 2.12 bits per heavy atom. The Balaban J connectivity index is 1.56. The molecule has 0 aliphatic carbocycles. The summed E-state index contributed by atoms with van der Waals surface area (Å²) >= 11 is 0. The van der Waals surface area contributed by atoms with Crippen LogP contribution in [0.1, 0.15) is 32.6 Å². The molecule has 2 aromatic heterocycles. The normalized spacial score (nSPS) is 30.7. The smallest absolute Gasteiger partial charge is 0.239 e. The molecule has 4 heterocycles. The summed E-state index contributed by atoms with van der Waals surface area (Å²) in [5.74, 6) is 0.0140. The van der Waals surface area contributed by atoms with E-state index in [0.717, 1.165) is 23.7 Å². The van der Waals surface area contributed by atoms with Crippen molar-refractivity contribution >= 4 is 16.8 Å². The van der Waals surface area contributed by atoms with E-state index in [2.05, 4.69) is 9.55 Å². The van der Waals surface area contributed by atoms with E-state index in [1.165, 1.54) is 0 Å². The molecule has 4 rings (SSSR count). The third kappa shape index (κ3) is 2.50. The molecule has 2 aliphatic rings. The highest BCUT2D eigenvalue weighted by molar-refractivity contribution is 5.82. The molecule has 0 saturated carbocycles. The van der Waals surface area contributed by atoms with E-state index in [1.54, 1.807) is 13.1 Å². The molecule has 128 valence electrons. The van der Waals surface area contributed by atoms with Gasteiger partial charge in [0, 0.05) is 29.9 Å². The zero-order chi connectivity index (χ0) is 16.9. The lowest BCUT2D eigenvalue weighted by atomic mass is 9.85. The van der Waals surface area contributed by atoms with Gasteiger partial charge in [0.15, 0.2) is 0 Å². The van der Waals surface area contributed by atoms with E-state index < -0.39 is 11.6 Å². The molecule has 6 nitrogen and oxygen atoms in total. The Labute approximate surface area is 141 Å². The number of aliphatic hydroxyl groups is 1. The average Bonchev–Trinajstić information content (AvgIpc) is 3.06. The molecule has 2 bridgehead atoms. The van der Waals surface area contributed by atoms with Crippen LogP contribution < -0.4 is 5.73 Å². The largest absolute Gasteiger partial charge is 0.388 e. The van der Waals surface area contributed by atoms with Gasteiger partial charge < -0.3 is 20.3 Å². The lowest BCUT2D eigenvalue weighted by Crippen LogP contribution is -2.57. The third-order valence-corrected chi connectivity index (χ3v) is 5.54. The Bertz CT molecular complexity index is 755. The zero-order valence-corrected chi connectivity index (χ0v) is 13.9. The molecule has 0 radical (unpaired) electrons. The van der Waals surface area contributed by atoms with Crippen LogP contribution in [0.4, 0.5) is 0 Å². The van der Waals surface area contributed by atoms with Gasteiger partial charge in [0.1, 0.15) is 0 Å². The Hall–Kier alpha value is -1.92. The first-order valence-electron chi connectivity index (χ1n) is 8.66. The summed E-state index contributed by atoms with van der Waals surface area (Å²) in [4.78, 5) is 18.5. The van der Waals surface area contributed by atoms with Gasteiger partial charge in [-0.05, 0) is 44.7 Å².